The van der Waals surface area contributed by atoms with E-state index >= 15 is 0 Å². The molecule has 1 heterocycles. The molecule has 0 spiro atoms. The highest BCUT2D eigenvalue weighted by atomic mass is 16.5. The molecule has 0 aliphatic carbocycles. The summed E-state index contributed by atoms with van der Waals surface area (Å²) in [5, 5.41) is 3.72. The molecule has 66 valence electrons. The van der Waals surface area contributed by atoms with Crippen molar-refractivity contribution in [2.75, 3.05) is 0 Å². The van der Waals surface area contributed by atoms with Crippen LogP contribution in [0.5, 0.6) is 0 Å². The van der Waals surface area contributed by atoms with Crippen LogP contribution >= 0.6 is 0 Å². The van der Waals surface area contributed by atoms with Crippen molar-refractivity contribution >= 4 is 5.96 Å². The van der Waals surface area contributed by atoms with Crippen LogP contribution in [-0.2, 0) is 6.54 Å². The number of nitrogens with two attached hydrogens (primary N) is 2. The lowest BCUT2D eigenvalue weighted by Crippen LogP contribution is -2.37. The summed E-state index contributed by atoms with van der Waals surface area (Å²) >= 11 is 0. The molecule has 6 nitrogen and oxygen atoms in total. The maximum Gasteiger partial charge on any atom is 0.203 e. The maximum absolute atomic E-state index is 5.28. The molecule has 0 amide bonds. The SMILES string of the molecule is Cc1cc(CN=C(N)NN)no1. The highest BCUT2D eigenvalue weighted by Gasteiger charge is 1.97. The molecule has 0 radical (unpaired) electrons. The lowest BCUT2D eigenvalue weighted by atomic mass is 10.4. The van der Waals surface area contributed by atoms with Gasteiger partial charge in [-0.05, 0) is 6.92 Å². The average molecular weight is 169 g/mol. The van der Waals surface area contributed by atoms with Crippen LogP contribution in [0.3, 0.4) is 0 Å². The number of hydrogen-bond donors (Lipinski definition) is 3. The molecule has 0 aliphatic rings. The molecule has 5 N–H and O–H groups in total. The number of aryl methyl sites for hydroxylation is 1. The second kappa shape index (κ2) is 3.72. The highest BCUT2D eigenvalue weighted by molar-refractivity contribution is 5.76. The van der Waals surface area contributed by atoms with Crippen LogP contribution < -0.4 is 17.0 Å². The predicted molar refractivity (Wildman–Crippen MR) is 43.9 cm³/mol. The number of nitrogens with zero attached hydrogens (tertiary/aromatic N) is 2. The van der Waals surface area contributed by atoms with Crippen molar-refractivity contribution in [3.63, 3.8) is 0 Å². The zero-order chi connectivity index (χ0) is 8.97. The summed E-state index contributed by atoms with van der Waals surface area (Å²) in [6.45, 7) is 2.18. The summed E-state index contributed by atoms with van der Waals surface area (Å²) in [5.74, 6) is 5.92. The van der Waals surface area contributed by atoms with Crippen molar-refractivity contribution in [3.8, 4) is 0 Å². The van der Waals surface area contributed by atoms with Crippen LogP contribution in [0, 0.1) is 6.92 Å². The fraction of sp³-hybridized carbons (Fsp3) is 0.333. The van der Waals surface area contributed by atoms with Crippen LogP contribution in [0.2, 0.25) is 0 Å². The third kappa shape index (κ3) is 2.24. The first-order chi connectivity index (χ1) is 5.72. The van der Waals surface area contributed by atoms with Gasteiger partial charge in [0.15, 0.2) is 0 Å². The second-order valence-corrected chi connectivity index (χ2v) is 2.27. The molecule has 1 rings (SSSR count). The van der Waals surface area contributed by atoms with Gasteiger partial charge >= 0.3 is 0 Å². The molecule has 0 fully saturated rings. The van der Waals surface area contributed by atoms with Gasteiger partial charge in [-0.3, -0.25) is 5.43 Å². The number of hydrazine groups is 1. The monoisotopic (exact) mass is 169 g/mol. The van der Waals surface area contributed by atoms with Crippen molar-refractivity contribution in [1.29, 1.82) is 0 Å². The molecule has 0 aromatic carbocycles. The number of guanidine groups is 1. The number of rotatable bonds is 2. The topological polar surface area (TPSA) is 102 Å². The van der Waals surface area contributed by atoms with Gasteiger partial charge in [0, 0.05) is 6.07 Å². The maximum atomic E-state index is 5.28. The molecule has 0 saturated heterocycles. The van der Waals surface area contributed by atoms with Crippen molar-refractivity contribution in [2.45, 2.75) is 13.5 Å². The smallest absolute Gasteiger partial charge is 0.203 e. The molecule has 12 heavy (non-hydrogen) atoms. The summed E-state index contributed by atoms with van der Waals surface area (Å²) in [6.07, 6.45) is 0. The summed E-state index contributed by atoms with van der Waals surface area (Å²) in [6, 6.07) is 1.79. The molecular formula is C6H11N5O. The van der Waals surface area contributed by atoms with E-state index in [9.17, 15) is 0 Å². The first kappa shape index (κ1) is 8.54. The van der Waals surface area contributed by atoms with Gasteiger partial charge < -0.3 is 10.3 Å². The standard InChI is InChI=1S/C6H11N5O/c1-4-2-5(11-12-4)3-9-6(7)10-8/h2H,3,8H2,1H3,(H3,7,9,10). The van der Waals surface area contributed by atoms with Gasteiger partial charge in [-0.15, -0.1) is 0 Å². The van der Waals surface area contributed by atoms with E-state index in [1.165, 1.54) is 0 Å². The molecular weight excluding hydrogens is 158 g/mol. The molecule has 0 saturated carbocycles. The van der Waals surface area contributed by atoms with E-state index in [1.807, 2.05) is 6.92 Å². The Morgan fingerprint density at radius 3 is 3.08 bits per heavy atom. The van der Waals surface area contributed by atoms with Gasteiger partial charge in [-0.1, -0.05) is 5.16 Å². The van der Waals surface area contributed by atoms with Crippen LogP contribution in [-0.4, -0.2) is 11.1 Å². The van der Waals surface area contributed by atoms with E-state index in [2.05, 4.69) is 15.6 Å². The van der Waals surface area contributed by atoms with Gasteiger partial charge in [-0.25, -0.2) is 10.8 Å². The van der Waals surface area contributed by atoms with Crippen molar-refractivity contribution in [3.05, 3.63) is 17.5 Å². The summed E-state index contributed by atoms with van der Waals surface area (Å²) in [4.78, 5) is 3.86. The van der Waals surface area contributed by atoms with Crippen LogP contribution in [0.1, 0.15) is 11.5 Å². The largest absolute Gasteiger partial charge is 0.369 e. The minimum Gasteiger partial charge on any atom is -0.369 e. The van der Waals surface area contributed by atoms with Crippen molar-refractivity contribution in [1.82, 2.24) is 10.6 Å². The first-order valence-corrected chi connectivity index (χ1v) is 3.41. The molecule has 1 aromatic heterocycles. The predicted octanol–water partition coefficient (Wildman–Crippen LogP) is -0.739. The van der Waals surface area contributed by atoms with E-state index in [1.54, 1.807) is 6.07 Å². The minimum absolute atomic E-state index is 0.177. The zero-order valence-corrected chi connectivity index (χ0v) is 6.74. The summed E-state index contributed by atoms with van der Waals surface area (Å²) in [7, 11) is 0. The van der Waals surface area contributed by atoms with E-state index in [4.69, 9.17) is 16.1 Å². The van der Waals surface area contributed by atoms with E-state index < -0.39 is 0 Å². The Bertz CT molecular complexity index is 279. The normalized spacial score (nSPS) is 11.7. The molecule has 0 aliphatic heterocycles. The highest BCUT2D eigenvalue weighted by Crippen LogP contribution is 2.01. The second-order valence-electron chi connectivity index (χ2n) is 2.27. The fourth-order valence-electron chi connectivity index (χ4n) is 0.704. The number of nitrogens with one attached hydrogen (secondary N) is 1. The summed E-state index contributed by atoms with van der Waals surface area (Å²) < 4.78 is 4.82. The number of hydrogen-bond acceptors (Lipinski definition) is 4. The Labute approximate surface area is 69.6 Å². The quantitative estimate of drug-likeness (QED) is 0.234. The molecule has 1 aromatic rings. The molecule has 6 heteroatoms. The minimum atomic E-state index is 0.177. The lowest BCUT2D eigenvalue weighted by Gasteiger charge is -1.94. The lowest BCUT2D eigenvalue weighted by molar-refractivity contribution is 0.391. The van der Waals surface area contributed by atoms with E-state index in [0.717, 1.165) is 11.5 Å². The van der Waals surface area contributed by atoms with Gasteiger partial charge in [0.1, 0.15) is 11.5 Å². The Morgan fingerprint density at radius 2 is 2.58 bits per heavy atom. The molecule has 0 bridgehead atoms. The zero-order valence-electron chi connectivity index (χ0n) is 6.74. The molecule has 0 unspecified atom stereocenters. The average Bonchev–Trinajstić information content (AvgIpc) is 2.47. The Balaban J connectivity index is 2.53. The first-order valence-electron chi connectivity index (χ1n) is 3.41. The van der Waals surface area contributed by atoms with E-state index in [0.29, 0.717) is 6.54 Å². The van der Waals surface area contributed by atoms with Gasteiger partial charge in [0.2, 0.25) is 5.96 Å². The third-order valence-electron chi connectivity index (χ3n) is 1.24. The fourth-order valence-corrected chi connectivity index (χ4v) is 0.704. The molecule has 0 atom stereocenters. The van der Waals surface area contributed by atoms with E-state index in [-0.39, 0.29) is 5.96 Å². The Hall–Kier alpha value is -1.56. The van der Waals surface area contributed by atoms with Crippen LogP contribution in [0.15, 0.2) is 15.6 Å². The van der Waals surface area contributed by atoms with Gasteiger partial charge in [-0.2, -0.15) is 0 Å². The Morgan fingerprint density at radius 1 is 1.83 bits per heavy atom. The third-order valence-corrected chi connectivity index (χ3v) is 1.24. The van der Waals surface area contributed by atoms with Crippen LogP contribution in [0.25, 0.3) is 0 Å². The van der Waals surface area contributed by atoms with Crippen molar-refractivity contribution in [2.24, 2.45) is 16.6 Å². The van der Waals surface area contributed by atoms with Gasteiger partial charge in [0.25, 0.3) is 0 Å². The Kier molecular flexibility index (Phi) is 2.65. The van der Waals surface area contributed by atoms with Gasteiger partial charge in [0.05, 0.1) is 6.54 Å². The van der Waals surface area contributed by atoms with Crippen molar-refractivity contribution < 1.29 is 4.52 Å². The van der Waals surface area contributed by atoms with Crippen LogP contribution in [0.4, 0.5) is 0 Å². The number of aliphatic imine (C=N–C) groups is 1. The number of aromatic nitrogens is 1. The summed E-state index contributed by atoms with van der Waals surface area (Å²) in [5.41, 5.74) is 8.22.